The van der Waals surface area contributed by atoms with Crippen LogP contribution in [-0.2, 0) is 4.79 Å². The van der Waals surface area contributed by atoms with Crippen molar-refractivity contribution in [1.29, 1.82) is 0 Å². The maximum atomic E-state index is 11.6. The molecule has 1 aliphatic carbocycles. The van der Waals surface area contributed by atoms with Crippen LogP contribution in [-0.4, -0.2) is 18.9 Å². The zero-order valence-electron chi connectivity index (χ0n) is 7.73. The second kappa shape index (κ2) is 2.84. The molecule has 1 N–H and O–H groups in total. The molecule has 0 spiro atoms. The van der Waals surface area contributed by atoms with Gasteiger partial charge in [0.2, 0.25) is 0 Å². The molecule has 2 rings (SSSR count). The van der Waals surface area contributed by atoms with Crippen molar-refractivity contribution in [1.82, 2.24) is 5.32 Å². The molecule has 1 saturated heterocycles. The van der Waals surface area contributed by atoms with Gasteiger partial charge in [-0.25, -0.2) is 0 Å². The lowest BCUT2D eigenvalue weighted by Crippen LogP contribution is -2.48. The van der Waals surface area contributed by atoms with Gasteiger partial charge in [0.05, 0.1) is 0 Å². The molecule has 2 aliphatic rings. The quantitative estimate of drug-likeness (QED) is 0.687. The minimum Gasteiger partial charge on any atom is -0.315 e. The standard InChI is InChI=1S/C10H17NO/c1-10(3-2-4-10)5-9(12)8-6-11-7-8/h8,11H,2-7H2,1H3. The van der Waals surface area contributed by atoms with Crippen molar-refractivity contribution in [2.45, 2.75) is 32.6 Å². The van der Waals surface area contributed by atoms with Crippen LogP contribution in [0.4, 0.5) is 0 Å². The summed E-state index contributed by atoms with van der Waals surface area (Å²) < 4.78 is 0. The Balaban J connectivity index is 1.81. The molecular formula is C10H17NO. The van der Waals surface area contributed by atoms with E-state index in [9.17, 15) is 4.79 Å². The number of Topliss-reactive ketones (excluding diaryl/α,β-unsaturated/α-hetero) is 1. The number of carbonyl (C=O) groups excluding carboxylic acids is 1. The number of nitrogens with one attached hydrogen (secondary N) is 1. The predicted molar refractivity (Wildman–Crippen MR) is 47.9 cm³/mol. The van der Waals surface area contributed by atoms with E-state index in [0.717, 1.165) is 19.5 Å². The molecule has 1 aliphatic heterocycles. The summed E-state index contributed by atoms with van der Waals surface area (Å²) in [6.45, 7) is 4.10. The molecule has 0 aromatic carbocycles. The van der Waals surface area contributed by atoms with Gasteiger partial charge >= 0.3 is 0 Å². The summed E-state index contributed by atoms with van der Waals surface area (Å²) in [5, 5.41) is 3.14. The van der Waals surface area contributed by atoms with Crippen molar-refractivity contribution in [2.75, 3.05) is 13.1 Å². The number of hydrogen-bond acceptors (Lipinski definition) is 2. The molecule has 0 amide bonds. The molecule has 0 aromatic rings. The average molecular weight is 167 g/mol. The lowest BCUT2D eigenvalue weighted by atomic mass is 9.66. The summed E-state index contributed by atoms with van der Waals surface area (Å²) >= 11 is 0. The molecule has 0 aromatic heterocycles. The fourth-order valence-corrected chi connectivity index (χ4v) is 2.04. The van der Waals surface area contributed by atoms with Crippen LogP contribution < -0.4 is 5.32 Å². The molecule has 2 fully saturated rings. The number of rotatable bonds is 3. The van der Waals surface area contributed by atoms with E-state index in [2.05, 4.69) is 12.2 Å². The van der Waals surface area contributed by atoms with Crippen LogP contribution in [0.1, 0.15) is 32.6 Å². The van der Waals surface area contributed by atoms with Crippen LogP contribution in [0.3, 0.4) is 0 Å². The number of ketones is 1. The number of hydrogen-bond donors (Lipinski definition) is 1. The second-order valence-corrected chi connectivity index (χ2v) is 4.66. The lowest BCUT2D eigenvalue weighted by molar-refractivity contribution is -0.127. The van der Waals surface area contributed by atoms with Gasteiger partial charge in [-0.2, -0.15) is 0 Å². The topological polar surface area (TPSA) is 29.1 Å². The van der Waals surface area contributed by atoms with E-state index in [-0.39, 0.29) is 0 Å². The highest BCUT2D eigenvalue weighted by Crippen LogP contribution is 2.44. The van der Waals surface area contributed by atoms with Crippen molar-refractivity contribution >= 4 is 5.78 Å². The molecule has 2 heteroatoms. The van der Waals surface area contributed by atoms with Gasteiger partial charge in [0.15, 0.2) is 0 Å². The van der Waals surface area contributed by atoms with E-state index in [1.807, 2.05) is 0 Å². The van der Waals surface area contributed by atoms with Crippen LogP contribution >= 0.6 is 0 Å². The Hall–Kier alpha value is -0.370. The third-order valence-electron chi connectivity index (χ3n) is 3.40. The van der Waals surface area contributed by atoms with E-state index >= 15 is 0 Å². The van der Waals surface area contributed by atoms with Crippen LogP contribution in [0.25, 0.3) is 0 Å². The van der Waals surface area contributed by atoms with Crippen LogP contribution in [0.2, 0.25) is 0 Å². The molecular weight excluding hydrogens is 150 g/mol. The lowest BCUT2D eigenvalue weighted by Gasteiger charge is -2.39. The number of carbonyl (C=O) groups is 1. The summed E-state index contributed by atoms with van der Waals surface area (Å²) in [4.78, 5) is 11.6. The zero-order chi connectivity index (χ0) is 8.60. The molecule has 1 heterocycles. The highest BCUT2D eigenvalue weighted by Gasteiger charge is 2.36. The summed E-state index contributed by atoms with van der Waals surface area (Å²) in [5.74, 6) is 0.846. The highest BCUT2D eigenvalue weighted by atomic mass is 16.1. The Morgan fingerprint density at radius 1 is 1.50 bits per heavy atom. The van der Waals surface area contributed by atoms with Crippen molar-refractivity contribution in [3.63, 3.8) is 0 Å². The highest BCUT2D eigenvalue weighted by molar-refractivity contribution is 5.83. The van der Waals surface area contributed by atoms with Gasteiger partial charge in [0, 0.05) is 25.4 Å². The van der Waals surface area contributed by atoms with E-state index in [0.29, 0.717) is 17.1 Å². The average Bonchev–Trinajstić information content (AvgIpc) is 1.79. The predicted octanol–water partition coefficient (Wildman–Crippen LogP) is 1.36. The maximum absolute atomic E-state index is 11.6. The fraction of sp³-hybridized carbons (Fsp3) is 0.900. The first-order chi connectivity index (χ1) is 5.70. The Kier molecular flexibility index (Phi) is 1.95. The summed E-state index contributed by atoms with van der Waals surface area (Å²) in [7, 11) is 0. The molecule has 0 unspecified atom stereocenters. The van der Waals surface area contributed by atoms with Gasteiger partial charge in [0.1, 0.15) is 5.78 Å². The van der Waals surface area contributed by atoms with E-state index < -0.39 is 0 Å². The first kappa shape index (κ1) is 8.24. The third-order valence-corrected chi connectivity index (χ3v) is 3.40. The van der Waals surface area contributed by atoms with Gasteiger partial charge in [0.25, 0.3) is 0 Å². The smallest absolute Gasteiger partial charge is 0.139 e. The van der Waals surface area contributed by atoms with Crippen molar-refractivity contribution in [3.8, 4) is 0 Å². The summed E-state index contributed by atoms with van der Waals surface area (Å²) in [6.07, 6.45) is 4.68. The molecule has 68 valence electrons. The van der Waals surface area contributed by atoms with E-state index in [1.54, 1.807) is 0 Å². The Labute approximate surface area is 73.7 Å². The van der Waals surface area contributed by atoms with Gasteiger partial charge in [-0.15, -0.1) is 0 Å². The van der Waals surface area contributed by atoms with E-state index in [4.69, 9.17) is 0 Å². The fourth-order valence-electron chi connectivity index (χ4n) is 2.04. The first-order valence-corrected chi connectivity index (χ1v) is 4.93. The van der Waals surface area contributed by atoms with Crippen molar-refractivity contribution in [3.05, 3.63) is 0 Å². The molecule has 0 bridgehead atoms. The van der Waals surface area contributed by atoms with Gasteiger partial charge in [-0.3, -0.25) is 4.79 Å². The Morgan fingerprint density at radius 2 is 2.17 bits per heavy atom. The Bertz CT molecular complexity index is 192. The van der Waals surface area contributed by atoms with Crippen LogP contribution in [0, 0.1) is 11.3 Å². The second-order valence-electron chi connectivity index (χ2n) is 4.66. The van der Waals surface area contributed by atoms with Crippen molar-refractivity contribution in [2.24, 2.45) is 11.3 Å². The summed E-state index contributed by atoms with van der Waals surface area (Å²) in [5.41, 5.74) is 0.382. The maximum Gasteiger partial charge on any atom is 0.139 e. The SMILES string of the molecule is CC1(CC(=O)C2CNC2)CCC1. The van der Waals surface area contributed by atoms with Gasteiger partial charge in [-0.05, 0) is 18.3 Å². The molecule has 0 atom stereocenters. The largest absolute Gasteiger partial charge is 0.315 e. The third kappa shape index (κ3) is 1.40. The van der Waals surface area contributed by atoms with Gasteiger partial charge < -0.3 is 5.32 Å². The minimum absolute atomic E-state index is 0.349. The Morgan fingerprint density at radius 3 is 2.50 bits per heavy atom. The molecule has 0 radical (unpaired) electrons. The van der Waals surface area contributed by atoms with Gasteiger partial charge in [-0.1, -0.05) is 13.3 Å². The first-order valence-electron chi connectivity index (χ1n) is 4.93. The minimum atomic E-state index is 0.349. The summed E-state index contributed by atoms with van der Waals surface area (Å²) in [6, 6.07) is 0. The van der Waals surface area contributed by atoms with Crippen molar-refractivity contribution < 1.29 is 4.79 Å². The molecule has 12 heavy (non-hydrogen) atoms. The van der Waals surface area contributed by atoms with Crippen LogP contribution in [0.5, 0.6) is 0 Å². The molecule has 1 saturated carbocycles. The normalized spacial score (nSPS) is 27.4. The van der Waals surface area contributed by atoms with E-state index in [1.165, 1.54) is 19.3 Å². The monoisotopic (exact) mass is 167 g/mol. The zero-order valence-corrected chi connectivity index (χ0v) is 7.73. The van der Waals surface area contributed by atoms with Crippen LogP contribution in [0.15, 0.2) is 0 Å². The molecule has 2 nitrogen and oxygen atoms in total.